The van der Waals surface area contributed by atoms with E-state index in [4.69, 9.17) is 9.47 Å². The number of ether oxygens (including phenoxy) is 2. The minimum atomic E-state index is -0.366. The molecule has 2 aromatic carbocycles. The Labute approximate surface area is 140 Å². The highest BCUT2D eigenvalue weighted by atomic mass is 16.5. The predicted molar refractivity (Wildman–Crippen MR) is 91.6 cm³/mol. The van der Waals surface area contributed by atoms with Crippen molar-refractivity contribution in [2.75, 3.05) is 25.6 Å². The summed E-state index contributed by atoms with van der Waals surface area (Å²) in [6.45, 7) is 2.35. The molecule has 24 heavy (non-hydrogen) atoms. The maximum absolute atomic E-state index is 12.1. The normalized spacial score (nSPS) is 9.92. The molecule has 0 aromatic heterocycles. The molecule has 0 fully saturated rings. The third-order valence-electron chi connectivity index (χ3n) is 3.21. The molecule has 0 heterocycles. The highest BCUT2D eigenvalue weighted by Gasteiger charge is 2.12. The SMILES string of the molecule is CCOc1ccc(NC(=O)CNC(=O)c2ccccc2OC)cc1. The molecule has 0 atom stereocenters. The highest BCUT2D eigenvalue weighted by Crippen LogP contribution is 2.17. The second-order valence-corrected chi connectivity index (χ2v) is 4.89. The van der Waals surface area contributed by atoms with Crippen molar-refractivity contribution in [2.45, 2.75) is 6.92 Å². The van der Waals surface area contributed by atoms with Gasteiger partial charge in [-0.25, -0.2) is 0 Å². The maximum Gasteiger partial charge on any atom is 0.255 e. The van der Waals surface area contributed by atoms with Crippen molar-refractivity contribution in [1.82, 2.24) is 5.32 Å². The Hall–Kier alpha value is -3.02. The lowest BCUT2D eigenvalue weighted by Gasteiger charge is -2.10. The molecule has 0 spiro atoms. The van der Waals surface area contributed by atoms with Crippen LogP contribution < -0.4 is 20.1 Å². The lowest BCUT2D eigenvalue weighted by molar-refractivity contribution is -0.115. The first-order valence-corrected chi connectivity index (χ1v) is 7.58. The average Bonchev–Trinajstić information content (AvgIpc) is 2.61. The van der Waals surface area contributed by atoms with E-state index in [0.717, 1.165) is 5.75 Å². The highest BCUT2D eigenvalue weighted by molar-refractivity contribution is 6.00. The van der Waals surface area contributed by atoms with Crippen LogP contribution in [0.2, 0.25) is 0 Å². The number of benzene rings is 2. The topological polar surface area (TPSA) is 76.7 Å². The number of hydrogen-bond acceptors (Lipinski definition) is 4. The Kier molecular flexibility index (Phi) is 6.19. The Balaban J connectivity index is 1.87. The summed E-state index contributed by atoms with van der Waals surface area (Å²) >= 11 is 0. The van der Waals surface area contributed by atoms with Crippen LogP contribution in [-0.4, -0.2) is 32.1 Å². The van der Waals surface area contributed by atoms with E-state index in [2.05, 4.69) is 10.6 Å². The van der Waals surface area contributed by atoms with Gasteiger partial charge in [0.25, 0.3) is 5.91 Å². The quantitative estimate of drug-likeness (QED) is 0.818. The summed E-state index contributed by atoms with van der Waals surface area (Å²) in [4.78, 5) is 24.0. The van der Waals surface area contributed by atoms with Crippen molar-refractivity contribution < 1.29 is 19.1 Å². The number of methoxy groups -OCH3 is 1. The van der Waals surface area contributed by atoms with Gasteiger partial charge >= 0.3 is 0 Å². The van der Waals surface area contributed by atoms with Crippen molar-refractivity contribution in [3.63, 3.8) is 0 Å². The van der Waals surface area contributed by atoms with Gasteiger partial charge < -0.3 is 20.1 Å². The van der Waals surface area contributed by atoms with Gasteiger partial charge in [0.1, 0.15) is 11.5 Å². The molecule has 0 saturated carbocycles. The third kappa shape index (κ3) is 4.74. The molecule has 2 rings (SSSR count). The van der Waals surface area contributed by atoms with Gasteiger partial charge in [0.2, 0.25) is 5.91 Å². The molecule has 0 aliphatic heterocycles. The lowest BCUT2D eigenvalue weighted by Crippen LogP contribution is -2.33. The van der Waals surface area contributed by atoms with E-state index in [1.807, 2.05) is 6.92 Å². The van der Waals surface area contributed by atoms with Crippen LogP contribution in [0, 0.1) is 0 Å². The van der Waals surface area contributed by atoms with Gasteiger partial charge in [-0.2, -0.15) is 0 Å². The Bertz CT molecular complexity index is 698. The number of carbonyl (C=O) groups is 2. The van der Waals surface area contributed by atoms with Crippen molar-refractivity contribution in [1.29, 1.82) is 0 Å². The van der Waals surface area contributed by atoms with E-state index in [0.29, 0.717) is 23.6 Å². The molecule has 0 aliphatic carbocycles. The molecule has 0 radical (unpaired) electrons. The summed E-state index contributed by atoms with van der Waals surface area (Å²) in [6.07, 6.45) is 0. The molecule has 126 valence electrons. The van der Waals surface area contributed by atoms with Crippen LogP contribution in [0.3, 0.4) is 0 Å². The summed E-state index contributed by atoms with van der Waals surface area (Å²) in [5.74, 6) is 0.513. The zero-order valence-electron chi connectivity index (χ0n) is 13.7. The molecule has 6 nitrogen and oxygen atoms in total. The van der Waals surface area contributed by atoms with Gasteiger partial charge in [-0.3, -0.25) is 9.59 Å². The largest absolute Gasteiger partial charge is 0.496 e. The second-order valence-electron chi connectivity index (χ2n) is 4.89. The Morgan fingerprint density at radius 1 is 1.04 bits per heavy atom. The van der Waals surface area contributed by atoms with Crippen LogP contribution in [0.15, 0.2) is 48.5 Å². The number of anilines is 1. The third-order valence-corrected chi connectivity index (χ3v) is 3.21. The van der Waals surface area contributed by atoms with Gasteiger partial charge in [0.15, 0.2) is 0 Å². The summed E-state index contributed by atoms with van der Waals surface area (Å²) in [7, 11) is 1.49. The molecule has 2 N–H and O–H groups in total. The molecule has 0 saturated heterocycles. The van der Waals surface area contributed by atoms with Crippen molar-refractivity contribution >= 4 is 17.5 Å². The van der Waals surface area contributed by atoms with E-state index in [9.17, 15) is 9.59 Å². The molecule has 0 unspecified atom stereocenters. The van der Waals surface area contributed by atoms with Crippen LogP contribution in [0.1, 0.15) is 17.3 Å². The van der Waals surface area contributed by atoms with Gasteiger partial charge in [-0.05, 0) is 43.3 Å². The number of carbonyl (C=O) groups excluding carboxylic acids is 2. The van der Waals surface area contributed by atoms with Crippen LogP contribution in [0.25, 0.3) is 0 Å². The predicted octanol–water partition coefficient (Wildman–Crippen LogP) is 2.46. The standard InChI is InChI=1S/C18H20N2O4/c1-3-24-14-10-8-13(9-11-14)20-17(21)12-19-18(22)15-6-4-5-7-16(15)23-2/h4-11H,3,12H2,1-2H3,(H,19,22)(H,20,21). The fraction of sp³-hybridized carbons (Fsp3) is 0.222. The minimum Gasteiger partial charge on any atom is -0.496 e. The Morgan fingerprint density at radius 3 is 2.42 bits per heavy atom. The van der Waals surface area contributed by atoms with E-state index >= 15 is 0 Å². The lowest BCUT2D eigenvalue weighted by atomic mass is 10.2. The number of amides is 2. The summed E-state index contributed by atoms with van der Waals surface area (Å²) in [5, 5.41) is 5.28. The van der Waals surface area contributed by atoms with Crippen molar-refractivity contribution in [3.8, 4) is 11.5 Å². The molecule has 6 heteroatoms. The van der Waals surface area contributed by atoms with Crippen LogP contribution in [-0.2, 0) is 4.79 Å². The summed E-state index contributed by atoms with van der Waals surface area (Å²) in [5.41, 5.74) is 1.02. The zero-order chi connectivity index (χ0) is 17.4. The minimum absolute atomic E-state index is 0.135. The summed E-state index contributed by atoms with van der Waals surface area (Å²) in [6, 6.07) is 13.9. The molecular formula is C18H20N2O4. The molecule has 0 aliphatic rings. The van der Waals surface area contributed by atoms with Crippen molar-refractivity contribution in [3.05, 3.63) is 54.1 Å². The van der Waals surface area contributed by atoms with Gasteiger partial charge in [-0.15, -0.1) is 0 Å². The van der Waals surface area contributed by atoms with E-state index in [-0.39, 0.29) is 18.4 Å². The monoisotopic (exact) mass is 328 g/mol. The van der Waals surface area contributed by atoms with Gasteiger partial charge in [-0.1, -0.05) is 12.1 Å². The second kappa shape index (κ2) is 8.57. The average molecular weight is 328 g/mol. The van der Waals surface area contributed by atoms with E-state index < -0.39 is 0 Å². The van der Waals surface area contributed by atoms with Gasteiger partial charge in [0.05, 0.1) is 25.8 Å². The van der Waals surface area contributed by atoms with Crippen LogP contribution in [0.5, 0.6) is 11.5 Å². The smallest absolute Gasteiger partial charge is 0.255 e. The zero-order valence-corrected chi connectivity index (χ0v) is 13.7. The first-order chi connectivity index (χ1) is 11.6. The number of para-hydroxylation sites is 1. The Morgan fingerprint density at radius 2 is 1.75 bits per heavy atom. The van der Waals surface area contributed by atoms with Crippen LogP contribution >= 0.6 is 0 Å². The molecular weight excluding hydrogens is 308 g/mol. The summed E-state index contributed by atoms with van der Waals surface area (Å²) < 4.78 is 10.5. The first kappa shape index (κ1) is 17.3. The maximum atomic E-state index is 12.1. The molecule has 0 bridgehead atoms. The number of rotatable bonds is 7. The number of hydrogen-bond donors (Lipinski definition) is 2. The van der Waals surface area contributed by atoms with E-state index in [1.165, 1.54) is 7.11 Å². The first-order valence-electron chi connectivity index (χ1n) is 7.58. The molecule has 2 aromatic rings. The van der Waals surface area contributed by atoms with Crippen molar-refractivity contribution in [2.24, 2.45) is 0 Å². The van der Waals surface area contributed by atoms with Gasteiger partial charge in [0, 0.05) is 5.69 Å². The van der Waals surface area contributed by atoms with E-state index in [1.54, 1.807) is 48.5 Å². The molecule has 2 amide bonds. The fourth-order valence-corrected chi connectivity index (χ4v) is 2.09. The fourth-order valence-electron chi connectivity index (χ4n) is 2.09. The van der Waals surface area contributed by atoms with Crippen LogP contribution in [0.4, 0.5) is 5.69 Å². The number of nitrogens with one attached hydrogen (secondary N) is 2.